The Morgan fingerprint density at radius 1 is 1.25 bits per heavy atom. The minimum absolute atomic E-state index is 0.0606. The first kappa shape index (κ1) is 19.5. The van der Waals surface area contributed by atoms with E-state index in [1.54, 1.807) is 12.1 Å². The van der Waals surface area contributed by atoms with Crippen molar-refractivity contribution in [3.63, 3.8) is 0 Å². The van der Waals surface area contributed by atoms with Crippen molar-refractivity contribution >= 4 is 26.6 Å². The van der Waals surface area contributed by atoms with Gasteiger partial charge < -0.3 is 10.1 Å². The lowest BCUT2D eigenvalue weighted by atomic mass is 10.1. The van der Waals surface area contributed by atoms with Gasteiger partial charge in [0.25, 0.3) is 0 Å². The summed E-state index contributed by atoms with van der Waals surface area (Å²) >= 11 is 0. The molecular weight excluding hydrogens is 386 g/mol. The molecule has 0 amide bonds. The van der Waals surface area contributed by atoms with Gasteiger partial charge in [0.15, 0.2) is 0 Å². The summed E-state index contributed by atoms with van der Waals surface area (Å²) in [4.78, 5) is 18.1. The van der Waals surface area contributed by atoms with Crippen LogP contribution in [0.15, 0.2) is 59.8 Å². The highest BCUT2D eigenvalue weighted by atomic mass is 32.2. The summed E-state index contributed by atoms with van der Waals surface area (Å²) in [5.74, 6) is 2.04. The minimum Gasteiger partial charge on any atom is -0.390 e. The monoisotopic (exact) mass is 401 g/mol. The summed E-state index contributed by atoms with van der Waals surface area (Å²) in [5.41, 5.74) is 0. The number of aromatic nitrogens is 2. The highest BCUT2D eigenvalue weighted by molar-refractivity contribution is 7.96. The van der Waals surface area contributed by atoms with Crippen molar-refractivity contribution < 1.29 is 23.5 Å². The maximum absolute atomic E-state index is 12.4. The van der Waals surface area contributed by atoms with Gasteiger partial charge in [0.1, 0.15) is 25.0 Å². The van der Waals surface area contributed by atoms with Crippen LogP contribution >= 0.6 is 0 Å². The lowest BCUT2D eigenvalue weighted by Gasteiger charge is -2.09. The molecule has 1 aromatic heterocycles. The second kappa shape index (κ2) is 8.18. The summed E-state index contributed by atoms with van der Waals surface area (Å²) < 4.78 is 26.0. The van der Waals surface area contributed by atoms with E-state index in [9.17, 15) is 18.5 Å². The zero-order chi connectivity index (χ0) is 20.1. The van der Waals surface area contributed by atoms with Gasteiger partial charge >= 0.3 is 5.95 Å². The Hall–Kier alpha value is -3.26. The first-order valence-electron chi connectivity index (χ1n) is 8.10. The molecule has 0 aliphatic rings. The number of hydrogen-bond donors (Lipinski definition) is 1. The van der Waals surface area contributed by atoms with E-state index in [-0.39, 0.29) is 17.9 Å². The lowest BCUT2D eigenvalue weighted by molar-refractivity contribution is -0.397. The average Bonchev–Trinajstić information content (AvgIpc) is 3.15. The maximum Gasteiger partial charge on any atom is 0.434 e. The van der Waals surface area contributed by atoms with Crippen LogP contribution in [0.3, 0.4) is 0 Å². The van der Waals surface area contributed by atoms with Crippen molar-refractivity contribution in [1.82, 2.24) is 9.55 Å². The van der Waals surface area contributed by atoms with Crippen LogP contribution in [0.25, 0.3) is 10.8 Å². The number of hydrogen-bond acceptors (Lipinski definition) is 7. The molecule has 0 bridgehead atoms. The smallest absolute Gasteiger partial charge is 0.390 e. The van der Waals surface area contributed by atoms with Gasteiger partial charge in [-0.2, -0.15) is 0 Å². The van der Waals surface area contributed by atoms with Gasteiger partial charge in [-0.3, -0.25) is 5.26 Å². The third-order valence-electron chi connectivity index (χ3n) is 3.97. The molecule has 144 valence electrons. The van der Waals surface area contributed by atoms with Gasteiger partial charge in [-0.15, -0.1) is 0 Å². The molecule has 1 unspecified atom stereocenters. The summed E-state index contributed by atoms with van der Waals surface area (Å²) in [7, 11) is -3.86. The van der Waals surface area contributed by atoms with Crippen molar-refractivity contribution in [2.45, 2.75) is 24.0 Å². The molecule has 0 fully saturated rings. The van der Waals surface area contributed by atoms with E-state index in [4.69, 9.17) is 5.26 Å². The predicted molar refractivity (Wildman–Crippen MR) is 99.9 cm³/mol. The van der Waals surface area contributed by atoms with Gasteiger partial charge in [-0.05, 0) is 27.8 Å². The normalized spacial score (nSPS) is 12.3. The van der Waals surface area contributed by atoms with Crippen molar-refractivity contribution in [3.05, 3.63) is 65.0 Å². The number of imidazole rings is 1. The second-order valence-corrected chi connectivity index (χ2v) is 7.54. The van der Waals surface area contributed by atoms with Crippen LogP contribution in [-0.4, -0.2) is 34.3 Å². The Kier molecular flexibility index (Phi) is 5.70. The zero-order valence-corrected chi connectivity index (χ0v) is 15.2. The molecule has 28 heavy (non-hydrogen) atoms. The Morgan fingerprint density at radius 3 is 2.71 bits per heavy atom. The van der Waals surface area contributed by atoms with Crippen LogP contribution in [0.1, 0.15) is 6.42 Å². The Morgan fingerprint density at radius 2 is 2.00 bits per heavy atom. The van der Waals surface area contributed by atoms with Gasteiger partial charge in [-0.1, -0.05) is 41.2 Å². The summed E-state index contributed by atoms with van der Waals surface area (Å²) in [6, 6.07) is 12.0. The van der Waals surface area contributed by atoms with Gasteiger partial charge in [0.05, 0.1) is 4.90 Å². The summed E-state index contributed by atoms with van der Waals surface area (Å²) in [6.07, 6.45) is 1.47. The van der Waals surface area contributed by atoms with Crippen molar-refractivity contribution in [1.29, 1.82) is 0 Å². The lowest BCUT2D eigenvalue weighted by Crippen LogP contribution is -2.19. The van der Waals surface area contributed by atoms with E-state index in [2.05, 4.69) is 21.0 Å². The van der Waals surface area contributed by atoms with Crippen LogP contribution in [0.2, 0.25) is 0 Å². The maximum atomic E-state index is 12.4. The number of sulfone groups is 1. The van der Waals surface area contributed by atoms with Crippen molar-refractivity contribution in [2.24, 2.45) is 0 Å². The molecule has 1 N–H and O–H groups in total. The van der Waals surface area contributed by atoms with Crippen LogP contribution in [-0.2, 0) is 21.3 Å². The summed E-state index contributed by atoms with van der Waals surface area (Å²) in [5, 5.41) is 23.7. The molecule has 10 heteroatoms. The molecule has 1 atom stereocenters. The number of benzene rings is 2. The predicted octanol–water partition coefficient (Wildman–Crippen LogP) is 2.63. The average molecular weight is 401 g/mol. The quantitative estimate of drug-likeness (QED) is 0.221. The number of nitro groups is 1. The fourth-order valence-electron chi connectivity index (χ4n) is 2.61. The molecule has 0 spiro atoms. The van der Waals surface area contributed by atoms with Crippen LogP contribution in [0.5, 0.6) is 0 Å². The van der Waals surface area contributed by atoms with Gasteiger partial charge in [0.2, 0.25) is 9.84 Å². The van der Waals surface area contributed by atoms with E-state index in [1.807, 2.05) is 18.2 Å². The standard InChI is InChI=1S/C18H15N3O6S/c22-21(23)18-19-9-10-20(18)13-16(27-24)6-3-11-28(25,26)17-8-7-14-4-1-2-5-15(14)12-17/h1-2,4-5,7-10,12,16,24H,6,13H2. The molecular formula is C18H15N3O6S. The molecule has 3 rings (SSSR count). The van der Waals surface area contributed by atoms with Gasteiger partial charge in [-0.25, -0.2) is 17.9 Å². The molecule has 3 aromatic rings. The van der Waals surface area contributed by atoms with Crippen molar-refractivity contribution in [3.8, 4) is 11.2 Å². The van der Waals surface area contributed by atoms with Crippen LogP contribution < -0.4 is 0 Å². The Balaban J connectivity index is 1.75. The van der Waals surface area contributed by atoms with E-state index in [1.165, 1.54) is 29.1 Å². The number of nitrogens with zero attached hydrogens (tertiary/aromatic N) is 3. The van der Waals surface area contributed by atoms with E-state index in [0.717, 1.165) is 10.8 Å². The minimum atomic E-state index is -3.86. The number of fused-ring (bicyclic) bond motifs is 1. The second-order valence-electron chi connectivity index (χ2n) is 5.86. The molecule has 0 saturated carbocycles. The largest absolute Gasteiger partial charge is 0.434 e. The molecule has 0 saturated heterocycles. The molecule has 1 heterocycles. The molecule has 2 aromatic carbocycles. The van der Waals surface area contributed by atoms with E-state index < -0.39 is 26.8 Å². The Labute approximate surface area is 160 Å². The van der Waals surface area contributed by atoms with Crippen LogP contribution in [0, 0.1) is 21.3 Å². The fraction of sp³-hybridized carbons (Fsp3) is 0.167. The topological polar surface area (TPSA) is 125 Å². The fourth-order valence-corrected chi connectivity index (χ4v) is 3.53. The van der Waals surface area contributed by atoms with E-state index >= 15 is 0 Å². The highest BCUT2D eigenvalue weighted by Gasteiger charge is 2.19. The number of rotatable bonds is 6. The first-order valence-corrected chi connectivity index (χ1v) is 9.58. The highest BCUT2D eigenvalue weighted by Crippen LogP contribution is 2.19. The van der Waals surface area contributed by atoms with E-state index in [0.29, 0.717) is 0 Å². The molecule has 0 radical (unpaired) electrons. The third kappa shape index (κ3) is 4.34. The zero-order valence-electron chi connectivity index (χ0n) is 14.4. The molecule has 9 nitrogen and oxygen atoms in total. The Bertz CT molecular complexity index is 1180. The van der Waals surface area contributed by atoms with Crippen molar-refractivity contribution in [2.75, 3.05) is 0 Å². The third-order valence-corrected chi connectivity index (χ3v) is 5.26. The molecule has 0 aliphatic carbocycles. The van der Waals surface area contributed by atoms with Crippen LogP contribution in [0.4, 0.5) is 5.95 Å². The summed E-state index contributed by atoms with van der Waals surface area (Å²) in [6.45, 7) is -0.114. The molecule has 0 aliphatic heterocycles. The SMILES string of the molecule is O=[N+]([O-])c1nccn1CC(CC#CS(=O)(=O)c1ccc2ccccc2c1)OO. The van der Waals surface area contributed by atoms with Gasteiger partial charge in [0, 0.05) is 11.7 Å². The first-order chi connectivity index (χ1) is 13.4.